The Bertz CT molecular complexity index is 1100. The molecular formula is C21H21N5O4. The Morgan fingerprint density at radius 3 is 2.70 bits per heavy atom. The standard InChI is InChI=1S/C21H21N5O4/c1-3-11-25(14-18-22-23-20(30-18)16-10-7-12-29-16)21(27)19-17(28-2)13-26(24-19)15-8-5-4-6-9-15/h4-10,12-13H,3,11,14H2,1-2H3. The Kier molecular flexibility index (Phi) is 5.60. The Balaban J connectivity index is 1.58. The van der Waals surface area contributed by atoms with Gasteiger partial charge in [0, 0.05) is 6.54 Å². The number of hydrogen-bond acceptors (Lipinski definition) is 7. The second-order valence-electron chi connectivity index (χ2n) is 6.53. The van der Waals surface area contributed by atoms with Gasteiger partial charge in [-0.2, -0.15) is 5.10 Å². The first-order valence-corrected chi connectivity index (χ1v) is 9.54. The molecule has 0 aliphatic heterocycles. The van der Waals surface area contributed by atoms with Gasteiger partial charge in [-0.05, 0) is 30.7 Å². The number of ether oxygens (including phenoxy) is 1. The van der Waals surface area contributed by atoms with Crippen molar-refractivity contribution in [2.45, 2.75) is 19.9 Å². The van der Waals surface area contributed by atoms with Crippen molar-refractivity contribution in [3.05, 3.63) is 66.5 Å². The SMILES string of the molecule is CCCN(Cc1nnc(-c2ccco2)o1)C(=O)c1nn(-c2ccccc2)cc1OC. The maximum Gasteiger partial charge on any atom is 0.283 e. The molecule has 1 aromatic carbocycles. The maximum atomic E-state index is 13.3. The fourth-order valence-electron chi connectivity index (χ4n) is 3.02. The first-order valence-electron chi connectivity index (χ1n) is 9.54. The van der Waals surface area contributed by atoms with Crippen LogP contribution < -0.4 is 4.74 Å². The fraction of sp³-hybridized carbons (Fsp3) is 0.238. The van der Waals surface area contributed by atoms with Crippen molar-refractivity contribution in [1.29, 1.82) is 0 Å². The maximum absolute atomic E-state index is 13.3. The number of nitrogens with zero attached hydrogens (tertiary/aromatic N) is 5. The molecule has 0 bridgehead atoms. The Labute approximate surface area is 172 Å². The van der Waals surface area contributed by atoms with Crippen LogP contribution in [-0.4, -0.2) is 44.4 Å². The fourth-order valence-corrected chi connectivity index (χ4v) is 3.02. The second-order valence-corrected chi connectivity index (χ2v) is 6.53. The van der Waals surface area contributed by atoms with E-state index in [2.05, 4.69) is 15.3 Å². The summed E-state index contributed by atoms with van der Waals surface area (Å²) in [6.45, 7) is 2.64. The summed E-state index contributed by atoms with van der Waals surface area (Å²) in [6, 6.07) is 13.0. The minimum atomic E-state index is -0.277. The number of benzene rings is 1. The number of para-hydroxylation sites is 1. The summed E-state index contributed by atoms with van der Waals surface area (Å²) < 4.78 is 18.0. The topological polar surface area (TPSA) is 99.4 Å². The van der Waals surface area contributed by atoms with Crippen LogP contribution in [0.3, 0.4) is 0 Å². The van der Waals surface area contributed by atoms with Crippen molar-refractivity contribution in [2.75, 3.05) is 13.7 Å². The number of methoxy groups -OCH3 is 1. The molecule has 0 fully saturated rings. The molecule has 3 heterocycles. The molecular weight excluding hydrogens is 386 g/mol. The van der Waals surface area contributed by atoms with Crippen LogP contribution >= 0.6 is 0 Å². The van der Waals surface area contributed by atoms with Crippen molar-refractivity contribution in [3.8, 4) is 23.1 Å². The van der Waals surface area contributed by atoms with E-state index in [0.29, 0.717) is 23.9 Å². The molecule has 4 aromatic rings. The lowest BCUT2D eigenvalue weighted by Gasteiger charge is -2.19. The Morgan fingerprint density at radius 2 is 2.00 bits per heavy atom. The van der Waals surface area contributed by atoms with Gasteiger partial charge in [0.05, 0.1) is 31.8 Å². The van der Waals surface area contributed by atoms with Gasteiger partial charge in [0.25, 0.3) is 11.8 Å². The Morgan fingerprint density at radius 1 is 1.17 bits per heavy atom. The summed E-state index contributed by atoms with van der Waals surface area (Å²) >= 11 is 0. The highest BCUT2D eigenvalue weighted by Gasteiger charge is 2.25. The van der Waals surface area contributed by atoms with E-state index in [1.165, 1.54) is 13.4 Å². The van der Waals surface area contributed by atoms with Gasteiger partial charge in [-0.3, -0.25) is 4.79 Å². The molecule has 0 radical (unpaired) electrons. The zero-order valence-corrected chi connectivity index (χ0v) is 16.7. The van der Waals surface area contributed by atoms with Crippen LogP contribution in [0.4, 0.5) is 0 Å². The molecule has 0 saturated carbocycles. The molecule has 154 valence electrons. The van der Waals surface area contributed by atoms with Crippen LogP contribution in [0.1, 0.15) is 29.7 Å². The van der Waals surface area contributed by atoms with Crippen LogP contribution in [-0.2, 0) is 6.54 Å². The predicted molar refractivity (Wildman–Crippen MR) is 107 cm³/mol. The number of furan rings is 1. The molecule has 9 nitrogen and oxygen atoms in total. The smallest absolute Gasteiger partial charge is 0.283 e. The van der Waals surface area contributed by atoms with E-state index in [9.17, 15) is 4.79 Å². The summed E-state index contributed by atoms with van der Waals surface area (Å²) in [5.74, 6) is 1.17. The molecule has 1 amide bonds. The first-order chi connectivity index (χ1) is 14.7. The molecule has 3 aromatic heterocycles. The van der Waals surface area contributed by atoms with E-state index >= 15 is 0 Å². The van der Waals surface area contributed by atoms with Gasteiger partial charge in [0.2, 0.25) is 5.89 Å². The lowest BCUT2D eigenvalue weighted by molar-refractivity contribution is 0.0718. The van der Waals surface area contributed by atoms with E-state index in [1.807, 2.05) is 37.3 Å². The van der Waals surface area contributed by atoms with Gasteiger partial charge < -0.3 is 18.5 Å². The highest BCUT2D eigenvalue weighted by molar-refractivity contribution is 5.95. The summed E-state index contributed by atoms with van der Waals surface area (Å²) in [5, 5.41) is 12.5. The number of amides is 1. The molecule has 4 rings (SSSR count). The summed E-state index contributed by atoms with van der Waals surface area (Å²) in [6.07, 6.45) is 3.97. The van der Waals surface area contributed by atoms with E-state index in [1.54, 1.807) is 27.9 Å². The quantitative estimate of drug-likeness (QED) is 0.440. The zero-order valence-electron chi connectivity index (χ0n) is 16.7. The van der Waals surface area contributed by atoms with Crippen molar-refractivity contribution in [2.24, 2.45) is 0 Å². The number of aromatic nitrogens is 4. The summed E-state index contributed by atoms with van der Waals surface area (Å²) in [5.41, 5.74) is 1.05. The number of carbonyl (C=O) groups is 1. The molecule has 30 heavy (non-hydrogen) atoms. The summed E-state index contributed by atoms with van der Waals surface area (Å²) in [4.78, 5) is 14.9. The average molecular weight is 407 g/mol. The Hall–Kier alpha value is -3.88. The van der Waals surface area contributed by atoms with E-state index < -0.39 is 0 Å². The third kappa shape index (κ3) is 3.95. The number of carbonyl (C=O) groups excluding carboxylic acids is 1. The largest absolute Gasteiger partial charge is 0.493 e. The molecule has 0 unspecified atom stereocenters. The van der Waals surface area contributed by atoms with Crippen LogP contribution in [0, 0.1) is 0 Å². The molecule has 0 spiro atoms. The number of rotatable bonds is 8. The third-order valence-corrected chi connectivity index (χ3v) is 4.43. The highest BCUT2D eigenvalue weighted by Crippen LogP contribution is 2.23. The van der Waals surface area contributed by atoms with Crippen molar-refractivity contribution < 1.29 is 18.4 Å². The van der Waals surface area contributed by atoms with E-state index in [0.717, 1.165) is 12.1 Å². The van der Waals surface area contributed by atoms with Crippen LogP contribution in [0.25, 0.3) is 17.3 Å². The van der Waals surface area contributed by atoms with Crippen LogP contribution in [0.5, 0.6) is 5.75 Å². The average Bonchev–Trinajstić information content (AvgIpc) is 3.53. The molecule has 0 N–H and O–H groups in total. The predicted octanol–water partition coefficient (Wildman–Crippen LogP) is 3.58. The lowest BCUT2D eigenvalue weighted by atomic mass is 10.3. The van der Waals surface area contributed by atoms with Gasteiger partial charge >= 0.3 is 0 Å². The normalized spacial score (nSPS) is 10.9. The summed E-state index contributed by atoms with van der Waals surface area (Å²) in [7, 11) is 1.51. The van der Waals surface area contributed by atoms with E-state index in [4.69, 9.17) is 13.6 Å². The highest BCUT2D eigenvalue weighted by atomic mass is 16.5. The molecule has 0 saturated heterocycles. The minimum absolute atomic E-state index is 0.154. The third-order valence-electron chi connectivity index (χ3n) is 4.43. The zero-order chi connectivity index (χ0) is 20.9. The number of hydrogen-bond donors (Lipinski definition) is 0. The van der Waals surface area contributed by atoms with Crippen molar-refractivity contribution in [1.82, 2.24) is 24.9 Å². The van der Waals surface area contributed by atoms with Gasteiger partial charge in [-0.15, -0.1) is 10.2 Å². The van der Waals surface area contributed by atoms with Gasteiger partial charge in [-0.25, -0.2) is 4.68 Å². The molecule has 0 aliphatic rings. The lowest BCUT2D eigenvalue weighted by Crippen LogP contribution is -2.32. The minimum Gasteiger partial charge on any atom is -0.493 e. The van der Waals surface area contributed by atoms with Crippen molar-refractivity contribution >= 4 is 5.91 Å². The van der Waals surface area contributed by atoms with Crippen molar-refractivity contribution in [3.63, 3.8) is 0 Å². The van der Waals surface area contributed by atoms with Crippen LogP contribution in [0.15, 0.2) is 63.8 Å². The second kappa shape index (κ2) is 8.64. The van der Waals surface area contributed by atoms with Gasteiger partial charge in [0.15, 0.2) is 17.2 Å². The van der Waals surface area contributed by atoms with Crippen LogP contribution in [0.2, 0.25) is 0 Å². The van der Waals surface area contributed by atoms with Gasteiger partial charge in [-0.1, -0.05) is 25.1 Å². The van der Waals surface area contributed by atoms with Gasteiger partial charge in [0.1, 0.15) is 0 Å². The molecule has 0 atom stereocenters. The first kappa shape index (κ1) is 19.4. The monoisotopic (exact) mass is 407 g/mol. The molecule has 9 heteroatoms. The van der Waals surface area contributed by atoms with E-state index in [-0.39, 0.29) is 24.0 Å². The molecule has 0 aliphatic carbocycles.